The average molecular weight is 280 g/mol. The molecule has 0 aliphatic carbocycles. The SMILES string of the molecule is CCCCCCCC(=O)Nc1cc(C(N)=O)ccc1F. The van der Waals surface area contributed by atoms with Crippen LogP contribution in [0.1, 0.15) is 55.8 Å². The van der Waals surface area contributed by atoms with Crippen LogP contribution in [0.2, 0.25) is 0 Å². The van der Waals surface area contributed by atoms with Crippen molar-refractivity contribution in [3.63, 3.8) is 0 Å². The van der Waals surface area contributed by atoms with Gasteiger partial charge in [-0.25, -0.2) is 4.39 Å². The van der Waals surface area contributed by atoms with Crippen molar-refractivity contribution in [1.29, 1.82) is 0 Å². The third-order valence-corrected chi connectivity index (χ3v) is 3.03. The molecule has 20 heavy (non-hydrogen) atoms. The Morgan fingerprint density at radius 1 is 1.20 bits per heavy atom. The molecule has 0 saturated heterocycles. The van der Waals surface area contributed by atoms with Crippen LogP contribution in [-0.4, -0.2) is 11.8 Å². The first-order valence-corrected chi connectivity index (χ1v) is 6.93. The van der Waals surface area contributed by atoms with E-state index in [1.54, 1.807) is 0 Å². The maximum absolute atomic E-state index is 13.5. The largest absolute Gasteiger partial charge is 0.366 e. The Hall–Kier alpha value is -1.91. The van der Waals surface area contributed by atoms with Crippen molar-refractivity contribution in [2.24, 2.45) is 5.73 Å². The minimum atomic E-state index is -0.653. The summed E-state index contributed by atoms with van der Waals surface area (Å²) in [5.41, 5.74) is 5.29. The van der Waals surface area contributed by atoms with E-state index in [0.29, 0.717) is 6.42 Å². The number of benzene rings is 1. The first-order chi connectivity index (χ1) is 9.54. The zero-order valence-corrected chi connectivity index (χ0v) is 11.7. The van der Waals surface area contributed by atoms with Gasteiger partial charge in [0.05, 0.1) is 5.69 Å². The summed E-state index contributed by atoms with van der Waals surface area (Å²) in [6, 6.07) is 3.67. The number of hydrogen-bond acceptors (Lipinski definition) is 2. The topological polar surface area (TPSA) is 72.2 Å². The van der Waals surface area contributed by atoms with Crippen LogP contribution >= 0.6 is 0 Å². The lowest BCUT2D eigenvalue weighted by molar-refractivity contribution is -0.116. The van der Waals surface area contributed by atoms with Gasteiger partial charge in [0.1, 0.15) is 5.82 Å². The smallest absolute Gasteiger partial charge is 0.248 e. The predicted molar refractivity (Wildman–Crippen MR) is 76.9 cm³/mol. The highest BCUT2D eigenvalue weighted by molar-refractivity contribution is 5.96. The van der Waals surface area contributed by atoms with Gasteiger partial charge in [-0.15, -0.1) is 0 Å². The maximum Gasteiger partial charge on any atom is 0.248 e. The summed E-state index contributed by atoms with van der Waals surface area (Å²) in [7, 11) is 0. The molecule has 0 aliphatic heterocycles. The minimum absolute atomic E-state index is 0.000131. The molecule has 0 radical (unpaired) electrons. The molecule has 1 aromatic rings. The molecular weight excluding hydrogens is 259 g/mol. The van der Waals surface area contributed by atoms with Gasteiger partial charge in [0, 0.05) is 12.0 Å². The summed E-state index contributed by atoms with van der Waals surface area (Å²) < 4.78 is 13.5. The lowest BCUT2D eigenvalue weighted by Gasteiger charge is -2.07. The highest BCUT2D eigenvalue weighted by Gasteiger charge is 2.10. The van der Waals surface area contributed by atoms with E-state index in [1.807, 2.05) is 0 Å². The van der Waals surface area contributed by atoms with Crippen LogP contribution in [-0.2, 0) is 4.79 Å². The first-order valence-electron chi connectivity index (χ1n) is 6.93. The van der Waals surface area contributed by atoms with Crippen molar-refractivity contribution in [3.05, 3.63) is 29.6 Å². The van der Waals surface area contributed by atoms with Crippen LogP contribution in [0.15, 0.2) is 18.2 Å². The molecule has 1 aromatic carbocycles. The number of nitrogens with one attached hydrogen (secondary N) is 1. The molecule has 0 atom stereocenters. The molecule has 0 bridgehead atoms. The highest BCUT2D eigenvalue weighted by Crippen LogP contribution is 2.16. The molecule has 3 N–H and O–H groups in total. The molecule has 2 amide bonds. The number of nitrogens with two attached hydrogens (primary N) is 1. The van der Waals surface area contributed by atoms with Crippen molar-refractivity contribution >= 4 is 17.5 Å². The molecule has 110 valence electrons. The number of rotatable bonds is 8. The van der Waals surface area contributed by atoms with Crippen molar-refractivity contribution in [2.75, 3.05) is 5.32 Å². The zero-order chi connectivity index (χ0) is 15.0. The number of halogens is 1. The third kappa shape index (κ3) is 5.38. The molecule has 0 aromatic heterocycles. The monoisotopic (exact) mass is 280 g/mol. The number of carbonyl (C=O) groups excluding carboxylic acids is 2. The Morgan fingerprint density at radius 2 is 1.90 bits per heavy atom. The molecule has 4 nitrogen and oxygen atoms in total. The standard InChI is InChI=1S/C15H21FN2O2/c1-2-3-4-5-6-7-14(19)18-13-10-11(15(17)20)8-9-12(13)16/h8-10H,2-7H2,1H3,(H2,17,20)(H,18,19). The second-order valence-corrected chi connectivity index (χ2v) is 4.77. The van der Waals surface area contributed by atoms with Crippen LogP contribution in [0, 0.1) is 5.82 Å². The minimum Gasteiger partial charge on any atom is -0.366 e. The second-order valence-electron chi connectivity index (χ2n) is 4.77. The third-order valence-electron chi connectivity index (χ3n) is 3.03. The van der Waals surface area contributed by atoms with Gasteiger partial charge in [-0.05, 0) is 24.6 Å². The summed E-state index contributed by atoms with van der Waals surface area (Å²) >= 11 is 0. The van der Waals surface area contributed by atoms with Crippen molar-refractivity contribution in [3.8, 4) is 0 Å². The molecule has 0 saturated carbocycles. The Morgan fingerprint density at radius 3 is 2.55 bits per heavy atom. The van der Waals surface area contributed by atoms with Gasteiger partial charge in [0.25, 0.3) is 0 Å². The van der Waals surface area contributed by atoms with E-state index < -0.39 is 11.7 Å². The summed E-state index contributed by atoms with van der Waals surface area (Å²) in [4.78, 5) is 22.7. The Kier molecular flexibility index (Phi) is 6.70. The van der Waals surface area contributed by atoms with E-state index in [1.165, 1.54) is 12.1 Å². The molecule has 0 aliphatic rings. The maximum atomic E-state index is 13.5. The van der Waals surface area contributed by atoms with Gasteiger partial charge in [0.15, 0.2) is 0 Å². The molecule has 0 spiro atoms. The van der Waals surface area contributed by atoms with E-state index in [2.05, 4.69) is 12.2 Å². The lowest BCUT2D eigenvalue weighted by Crippen LogP contribution is -2.15. The fourth-order valence-corrected chi connectivity index (χ4v) is 1.88. The van der Waals surface area contributed by atoms with Crippen LogP contribution in [0.3, 0.4) is 0 Å². The summed E-state index contributed by atoms with van der Waals surface area (Å²) in [6.45, 7) is 2.13. The number of anilines is 1. The van der Waals surface area contributed by atoms with Crippen molar-refractivity contribution in [2.45, 2.75) is 45.4 Å². The predicted octanol–water partition coefficient (Wildman–Crippen LogP) is 3.22. The van der Waals surface area contributed by atoms with Gasteiger partial charge in [-0.1, -0.05) is 32.6 Å². The Balaban J connectivity index is 2.49. The molecule has 1 rings (SSSR count). The van der Waals surface area contributed by atoms with Gasteiger partial charge < -0.3 is 11.1 Å². The van der Waals surface area contributed by atoms with Gasteiger partial charge in [-0.3, -0.25) is 9.59 Å². The van der Waals surface area contributed by atoms with Gasteiger partial charge >= 0.3 is 0 Å². The van der Waals surface area contributed by atoms with E-state index in [-0.39, 0.29) is 17.2 Å². The fraction of sp³-hybridized carbons (Fsp3) is 0.467. The average Bonchev–Trinajstić information content (AvgIpc) is 2.40. The fourth-order valence-electron chi connectivity index (χ4n) is 1.88. The molecule has 0 unspecified atom stereocenters. The summed E-state index contributed by atoms with van der Waals surface area (Å²) in [5, 5.41) is 2.47. The number of carbonyl (C=O) groups is 2. The molecular formula is C15H21FN2O2. The zero-order valence-electron chi connectivity index (χ0n) is 11.7. The van der Waals surface area contributed by atoms with Crippen LogP contribution in [0.5, 0.6) is 0 Å². The van der Waals surface area contributed by atoms with Crippen molar-refractivity contribution < 1.29 is 14.0 Å². The number of amides is 2. The van der Waals surface area contributed by atoms with E-state index in [0.717, 1.165) is 38.2 Å². The molecule has 0 heterocycles. The number of unbranched alkanes of at least 4 members (excludes halogenated alkanes) is 4. The van der Waals surface area contributed by atoms with Gasteiger partial charge in [-0.2, -0.15) is 0 Å². The highest BCUT2D eigenvalue weighted by atomic mass is 19.1. The normalized spacial score (nSPS) is 10.3. The van der Waals surface area contributed by atoms with E-state index >= 15 is 0 Å². The Labute approximate surface area is 118 Å². The quantitative estimate of drug-likeness (QED) is 0.718. The summed E-state index contributed by atoms with van der Waals surface area (Å²) in [5.74, 6) is -1.48. The van der Waals surface area contributed by atoms with E-state index in [4.69, 9.17) is 5.73 Å². The van der Waals surface area contributed by atoms with E-state index in [9.17, 15) is 14.0 Å². The van der Waals surface area contributed by atoms with Crippen LogP contribution in [0.25, 0.3) is 0 Å². The molecule has 0 fully saturated rings. The van der Waals surface area contributed by atoms with Crippen molar-refractivity contribution in [1.82, 2.24) is 0 Å². The second kappa shape index (κ2) is 8.30. The lowest BCUT2D eigenvalue weighted by atomic mass is 10.1. The number of primary amides is 1. The Bertz CT molecular complexity index is 475. The summed E-state index contributed by atoms with van der Waals surface area (Å²) in [6.07, 6.45) is 5.54. The molecule has 5 heteroatoms. The van der Waals surface area contributed by atoms with Crippen LogP contribution in [0.4, 0.5) is 10.1 Å². The van der Waals surface area contributed by atoms with Crippen LogP contribution < -0.4 is 11.1 Å². The van der Waals surface area contributed by atoms with Gasteiger partial charge in [0.2, 0.25) is 11.8 Å². The first kappa shape index (κ1) is 16.1. The number of hydrogen-bond donors (Lipinski definition) is 2.